The molecule has 13 heavy (non-hydrogen) atoms. The van der Waals surface area contributed by atoms with E-state index in [2.05, 4.69) is 11.7 Å². The fraction of sp³-hybridized carbons (Fsp3) is 0.889. The molecule has 0 rings (SSSR count). The van der Waals surface area contributed by atoms with Gasteiger partial charge in [0, 0.05) is 6.61 Å². The molecule has 0 amide bonds. The van der Waals surface area contributed by atoms with Gasteiger partial charge in [-0.05, 0) is 6.42 Å². The Morgan fingerprint density at radius 2 is 1.69 bits per heavy atom. The van der Waals surface area contributed by atoms with E-state index in [-0.39, 0.29) is 36.2 Å². The minimum atomic E-state index is -1.41. The Balaban J connectivity index is 0. The number of ether oxygens (including phenoxy) is 1. The third-order valence-electron chi connectivity index (χ3n) is 1.72. The summed E-state index contributed by atoms with van der Waals surface area (Å²) in [7, 11) is 0. The van der Waals surface area contributed by atoms with Gasteiger partial charge in [0.05, 0.1) is 0 Å². The first-order valence-corrected chi connectivity index (χ1v) is 4.61. The van der Waals surface area contributed by atoms with E-state index in [0.29, 0.717) is 0 Å². The summed E-state index contributed by atoms with van der Waals surface area (Å²) in [4.78, 5) is 9.80. The zero-order valence-electron chi connectivity index (χ0n) is 8.67. The van der Waals surface area contributed by atoms with Crippen molar-refractivity contribution in [1.82, 2.24) is 0 Å². The topological polar surface area (TPSA) is 49.4 Å². The van der Waals surface area contributed by atoms with Crippen LogP contribution < -0.4 is 34.7 Å². The van der Waals surface area contributed by atoms with Crippen LogP contribution in [0.4, 0.5) is 4.79 Å². The van der Waals surface area contributed by atoms with Crippen LogP contribution in [0, 0.1) is 0 Å². The Morgan fingerprint density at radius 3 is 2.23 bits per heavy atom. The monoisotopic (exact) mass is 196 g/mol. The second-order valence-corrected chi connectivity index (χ2v) is 2.87. The minimum Gasteiger partial charge on any atom is -0.550 e. The van der Waals surface area contributed by atoms with Gasteiger partial charge in [-0.1, -0.05) is 39.0 Å². The molecule has 0 atom stereocenters. The van der Waals surface area contributed by atoms with Gasteiger partial charge < -0.3 is 14.6 Å². The molecule has 0 fully saturated rings. The number of carboxylic acid groups (broad SMARTS) is 1. The van der Waals surface area contributed by atoms with Crippen molar-refractivity contribution in [3.8, 4) is 0 Å². The predicted molar refractivity (Wildman–Crippen MR) is 44.7 cm³/mol. The Kier molecular flexibility index (Phi) is 14.8. The van der Waals surface area contributed by atoms with Crippen molar-refractivity contribution < 1.29 is 44.2 Å². The number of rotatable bonds is 7. The van der Waals surface area contributed by atoms with E-state index >= 15 is 0 Å². The minimum absolute atomic E-state index is 0. The molecule has 0 aliphatic rings. The van der Waals surface area contributed by atoms with E-state index in [1.807, 2.05) is 0 Å². The first-order chi connectivity index (χ1) is 5.77. The van der Waals surface area contributed by atoms with E-state index in [1.54, 1.807) is 0 Å². The van der Waals surface area contributed by atoms with Gasteiger partial charge in [0.15, 0.2) is 0 Å². The molecule has 0 unspecified atom stereocenters. The summed E-state index contributed by atoms with van der Waals surface area (Å²) in [5.41, 5.74) is 0. The Bertz CT molecular complexity index is 117. The first-order valence-electron chi connectivity index (χ1n) is 4.61. The molecule has 3 nitrogen and oxygen atoms in total. The summed E-state index contributed by atoms with van der Waals surface area (Å²) < 4.78 is 4.25. The molecule has 0 radical (unpaired) electrons. The first kappa shape index (κ1) is 15.7. The number of carbonyl (C=O) groups excluding carboxylic acids is 1. The van der Waals surface area contributed by atoms with Crippen molar-refractivity contribution in [3.05, 3.63) is 0 Å². The van der Waals surface area contributed by atoms with Crippen molar-refractivity contribution in [3.63, 3.8) is 0 Å². The molecule has 72 valence electrons. The molecule has 0 aromatic heterocycles. The fourth-order valence-corrected chi connectivity index (χ4v) is 1.04. The Labute approximate surface area is 102 Å². The zero-order valence-corrected chi connectivity index (χ0v) is 10.7. The predicted octanol–water partition coefficient (Wildman–Crippen LogP) is -1.29. The van der Waals surface area contributed by atoms with Crippen LogP contribution in [-0.4, -0.2) is 12.8 Å². The third-order valence-corrected chi connectivity index (χ3v) is 1.72. The van der Waals surface area contributed by atoms with E-state index < -0.39 is 6.16 Å². The number of hydrogen-bond donors (Lipinski definition) is 0. The SMILES string of the molecule is CCCCCCCCOC(=O)[O-].[Na+]. The van der Waals surface area contributed by atoms with Gasteiger partial charge in [-0.2, -0.15) is 0 Å². The van der Waals surface area contributed by atoms with Crippen molar-refractivity contribution >= 4 is 6.16 Å². The molecular weight excluding hydrogens is 179 g/mol. The summed E-state index contributed by atoms with van der Waals surface area (Å²) in [6.45, 7) is 2.45. The van der Waals surface area contributed by atoms with Crippen molar-refractivity contribution in [2.24, 2.45) is 0 Å². The normalized spacial score (nSPS) is 9.00. The molecular formula is C9H17NaO3. The van der Waals surface area contributed by atoms with Crippen LogP contribution in [0.15, 0.2) is 0 Å². The average molecular weight is 196 g/mol. The second-order valence-electron chi connectivity index (χ2n) is 2.87. The molecule has 4 heteroatoms. The van der Waals surface area contributed by atoms with Gasteiger partial charge in [-0.25, -0.2) is 0 Å². The number of carbonyl (C=O) groups is 1. The maximum Gasteiger partial charge on any atom is 1.00 e. The summed E-state index contributed by atoms with van der Waals surface area (Å²) in [6.07, 6.45) is 5.36. The number of unbranched alkanes of at least 4 members (excludes halogenated alkanes) is 5. The van der Waals surface area contributed by atoms with E-state index in [1.165, 1.54) is 25.7 Å². The number of hydrogen-bond acceptors (Lipinski definition) is 3. The third kappa shape index (κ3) is 15.1. The summed E-state index contributed by atoms with van der Waals surface area (Å²) in [6, 6.07) is 0. The zero-order chi connectivity index (χ0) is 9.23. The van der Waals surface area contributed by atoms with Crippen LogP contribution >= 0.6 is 0 Å². The van der Waals surface area contributed by atoms with Crippen LogP contribution in [0.1, 0.15) is 45.4 Å². The van der Waals surface area contributed by atoms with Gasteiger partial charge >= 0.3 is 29.6 Å². The quantitative estimate of drug-likeness (QED) is 0.289. The van der Waals surface area contributed by atoms with E-state index in [4.69, 9.17) is 0 Å². The van der Waals surface area contributed by atoms with Gasteiger partial charge in [-0.15, -0.1) is 0 Å². The van der Waals surface area contributed by atoms with Crippen LogP contribution in [0.25, 0.3) is 0 Å². The second kappa shape index (κ2) is 12.3. The molecule has 0 aromatic carbocycles. The summed E-state index contributed by atoms with van der Waals surface area (Å²) in [5, 5.41) is 9.80. The maximum absolute atomic E-state index is 9.80. The van der Waals surface area contributed by atoms with Crippen molar-refractivity contribution in [1.29, 1.82) is 0 Å². The molecule has 0 aliphatic heterocycles. The summed E-state index contributed by atoms with van der Waals surface area (Å²) in [5.74, 6) is 0. The van der Waals surface area contributed by atoms with Gasteiger partial charge in [0.1, 0.15) is 0 Å². The van der Waals surface area contributed by atoms with E-state index in [9.17, 15) is 9.90 Å². The largest absolute Gasteiger partial charge is 1.00 e. The van der Waals surface area contributed by atoms with Crippen molar-refractivity contribution in [2.45, 2.75) is 45.4 Å². The molecule has 0 saturated heterocycles. The average Bonchev–Trinajstić information content (AvgIpc) is 2.02. The van der Waals surface area contributed by atoms with Gasteiger partial charge in [0.25, 0.3) is 6.16 Å². The van der Waals surface area contributed by atoms with Crippen LogP contribution in [0.3, 0.4) is 0 Å². The molecule has 0 N–H and O–H groups in total. The molecule has 0 bridgehead atoms. The van der Waals surface area contributed by atoms with Gasteiger partial charge in [-0.3, -0.25) is 0 Å². The standard InChI is InChI=1S/C9H18O3.Na/c1-2-3-4-5-6-7-8-12-9(10)11;/h2-8H2,1H3,(H,10,11);/q;+1/p-1. The smallest absolute Gasteiger partial charge is 0.550 e. The molecule has 0 aromatic rings. The maximum atomic E-state index is 9.80. The summed E-state index contributed by atoms with van der Waals surface area (Å²) >= 11 is 0. The molecule has 0 aliphatic carbocycles. The van der Waals surface area contributed by atoms with Crippen molar-refractivity contribution in [2.75, 3.05) is 6.61 Å². The molecule has 0 spiro atoms. The van der Waals surface area contributed by atoms with Gasteiger partial charge in [0.2, 0.25) is 0 Å². The van der Waals surface area contributed by atoms with E-state index in [0.717, 1.165) is 12.8 Å². The van der Waals surface area contributed by atoms with Crippen LogP contribution in [-0.2, 0) is 4.74 Å². The Morgan fingerprint density at radius 1 is 1.15 bits per heavy atom. The molecule has 0 saturated carbocycles. The van der Waals surface area contributed by atoms with Crippen LogP contribution in [0.5, 0.6) is 0 Å². The van der Waals surface area contributed by atoms with Crippen LogP contribution in [0.2, 0.25) is 0 Å². The molecule has 0 heterocycles. The Hall–Kier alpha value is 0.270. The fourth-order valence-electron chi connectivity index (χ4n) is 1.04.